The van der Waals surface area contributed by atoms with Gasteiger partial charge in [-0.3, -0.25) is 4.68 Å². The molecule has 5 aromatic rings. The minimum atomic E-state index is -4.79. The lowest BCUT2D eigenvalue weighted by atomic mass is 9.76. The van der Waals surface area contributed by atoms with Crippen molar-refractivity contribution in [2.45, 2.75) is 44.3 Å². The van der Waals surface area contributed by atoms with Gasteiger partial charge in [0.05, 0.1) is 38.5 Å². The number of likely N-dealkylation sites (tertiary alicyclic amines) is 1. The number of methoxy groups -OCH3 is 2. The lowest BCUT2D eigenvalue weighted by Gasteiger charge is -2.52. The summed E-state index contributed by atoms with van der Waals surface area (Å²) >= 11 is 7.13. The normalized spacial score (nSPS) is 16.0. The second-order valence-electron chi connectivity index (χ2n) is 12.8. The molecule has 1 aliphatic rings. The van der Waals surface area contributed by atoms with Crippen LogP contribution < -0.4 is 18.5 Å². The number of anilines is 1. The number of carbonyl (C=O) groups is 1. The summed E-state index contributed by atoms with van der Waals surface area (Å²) in [5, 5.41) is 14.4. The van der Waals surface area contributed by atoms with Crippen molar-refractivity contribution < 1.29 is 41.3 Å². The molecule has 18 heteroatoms. The van der Waals surface area contributed by atoms with Gasteiger partial charge in [-0.2, -0.15) is 9.47 Å². The average molecular weight is 775 g/mol. The fourth-order valence-electron chi connectivity index (χ4n) is 6.21. The average Bonchev–Trinajstić information content (AvgIpc) is 3.77. The van der Waals surface area contributed by atoms with Gasteiger partial charge in [-0.15, -0.1) is 0 Å². The molecular formula is C34H33ClF2N6O7S2. The van der Waals surface area contributed by atoms with Gasteiger partial charge in [0.25, 0.3) is 10.0 Å². The summed E-state index contributed by atoms with van der Waals surface area (Å²) in [6.45, 7) is 5.62. The number of halogens is 3. The first-order chi connectivity index (χ1) is 24.6. The van der Waals surface area contributed by atoms with E-state index < -0.39 is 49.9 Å². The van der Waals surface area contributed by atoms with Crippen LogP contribution in [0.3, 0.4) is 0 Å². The van der Waals surface area contributed by atoms with E-state index >= 15 is 8.78 Å². The standard InChI is InChI=1S/C34H33ClF2N6O7S2/c1-34(2,3)31-26(17-41(31)33(44)45)43-25(10-11-39-43)22-12-20(35)7-9-27(22)50-29-14-24(37)30(15-23(29)36)52(46,47)42(32-38-18-40-51-32)16-19-6-8-21(48-4)13-28(19)49-5/h6-15,18,26,31H,16-17H2,1-5H3,(H,44,45). The molecule has 0 aliphatic carbocycles. The predicted octanol–water partition coefficient (Wildman–Crippen LogP) is 7.49. The van der Waals surface area contributed by atoms with E-state index in [0.717, 1.165) is 22.2 Å². The van der Waals surface area contributed by atoms with Crippen LogP contribution in [0.25, 0.3) is 11.3 Å². The van der Waals surface area contributed by atoms with Crippen molar-refractivity contribution in [3.8, 4) is 34.3 Å². The predicted molar refractivity (Wildman–Crippen MR) is 189 cm³/mol. The molecule has 13 nitrogen and oxygen atoms in total. The van der Waals surface area contributed by atoms with E-state index in [2.05, 4.69) is 14.5 Å². The van der Waals surface area contributed by atoms with Gasteiger partial charge in [-0.05, 0) is 41.8 Å². The van der Waals surface area contributed by atoms with Crippen LogP contribution in [-0.2, 0) is 16.6 Å². The molecule has 6 rings (SSSR count). The van der Waals surface area contributed by atoms with Crippen LogP contribution in [0.15, 0.2) is 72.0 Å². The molecule has 1 fully saturated rings. The van der Waals surface area contributed by atoms with Gasteiger partial charge in [0.2, 0.25) is 5.13 Å². The molecule has 2 atom stereocenters. The highest BCUT2D eigenvalue weighted by molar-refractivity contribution is 7.93. The van der Waals surface area contributed by atoms with E-state index in [9.17, 15) is 18.3 Å². The van der Waals surface area contributed by atoms with Crippen molar-refractivity contribution in [2.75, 3.05) is 25.1 Å². The van der Waals surface area contributed by atoms with Crippen molar-refractivity contribution in [3.05, 3.63) is 89.3 Å². The molecule has 1 amide bonds. The van der Waals surface area contributed by atoms with Crippen molar-refractivity contribution in [2.24, 2.45) is 5.41 Å². The molecule has 0 spiro atoms. The number of hydrogen-bond donors (Lipinski definition) is 1. The summed E-state index contributed by atoms with van der Waals surface area (Å²) in [5.41, 5.74) is 0.805. The number of benzene rings is 3. The van der Waals surface area contributed by atoms with Crippen LogP contribution in [0.4, 0.5) is 18.7 Å². The summed E-state index contributed by atoms with van der Waals surface area (Å²) in [6.07, 6.45) is 1.63. The van der Waals surface area contributed by atoms with E-state index in [1.54, 1.807) is 35.0 Å². The maximum absolute atomic E-state index is 15.9. The second-order valence-corrected chi connectivity index (χ2v) is 15.9. The number of ether oxygens (including phenoxy) is 3. The smallest absolute Gasteiger partial charge is 0.407 e. The largest absolute Gasteiger partial charge is 0.497 e. The minimum Gasteiger partial charge on any atom is -0.497 e. The zero-order valence-electron chi connectivity index (χ0n) is 28.5. The summed E-state index contributed by atoms with van der Waals surface area (Å²) in [6, 6.07) is 11.4. The van der Waals surface area contributed by atoms with Crippen molar-refractivity contribution >= 4 is 44.4 Å². The Morgan fingerprint density at radius 2 is 1.81 bits per heavy atom. The highest BCUT2D eigenvalue weighted by Gasteiger charge is 2.50. The van der Waals surface area contributed by atoms with E-state index in [1.807, 2.05) is 20.8 Å². The highest BCUT2D eigenvalue weighted by atomic mass is 35.5. The molecule has 0 saturated carbocycles. The molecule has 2 aromatic heterocycles. The molecule has 0 radical (unpaired) electrons. The molecule has 1 N–H and O–H groups in total. The maximum Gasteiger partial charge on any atom is 0.407 e. The Hall–Kier alpha value is -5.00. The summed E-state index contributed by atoms with van der Waals surface area (Å²) in [7, 11) is -1.92. The van der Waals surface area contributed by atoms with Crippen LogP contribution in [0, 0.1) is 17.0 Å². The highest BCUT2D eigenvalue weighted by Crippen LogP contribution is 2.45. The fraction of sp³-hybridized carbons (Fsp3) is 0.294. The van der Waals surface area contributed by atoms with E-state index in [4.69, 9.17) is 25.8 Å². The molecule has 3 aromatic carbocycles. The summed E-state index contributed by atoms with van der Waals surface area (Å²) < 4.78 is 82.8. The van der Waals surface area contributed by atoms with Gasteiger partial charge in [-0.1, -0.05) is 32.4 Å². The van der Waals surface area contributed by atoms with E-state index in [0.29, 0.717) is 45.5 Å². The van der Waals surface area contributed by atoms with Crippen LogP contribution in [-0.4, -0.2) is 70.5 Å². The molecule has 1 aliphatic heterocycles. The molecule has 52 heavy (non-hydrogen) atoms. The third-order valence-electron chi connectivity index (χ3n) is 8.56. The van der Waals surface area contributed by atoms with Gasteiger partial charge in [0.15, 0.2) is 11.6 Å². The lowest BCUT2D eigenvalue weighted by Crippen LogP contribution is -2.63. The van der Waals surface area contributed by atoms with Crippen LogP contribution >= 0.6 is 23.1 Å². The third-order valence-corrected chi connectivity index (χ3v) is 11.4. The van der Waals surface area contributed by atoms with Gasteiger partial charge in [0, 0.05) is 58.6 Å². The SMILES string of the molecule is COc1ccc(CN(c2ncns2)S(=O)(=O)c2cc(F)c(Oc3ccc(Cl)cc3-c3ccnn3C3CN(C(=O)O)C3C(C)(C)C)cc2F)c(OC)c1. The number of amides is 1. The quantitative estimate of drug-likeness (QED) is 0.143. The monoisotopic (exact) mass is 774 g/mol. The lowest BCUT2D eigenvalue weighted by molar-refractivity contribution is -0.0313. The van der Waals surface area contributed by atoms with Gasteiger partial charge < -0.3 is 24.2 Å². The molecule has 2 unspecified atom stereocenters. The maximum atomic E-state index is 15.9. The van der Waals surface area contributed by atoms with Crippen LogP contribution in [0.1, 0.15) is 32.4 Å². The van der Waals surface area contributed by atoms with Crippen LogP contribution in [0.5, 0.6) is 23.0 Å². The van der Waals surface area contributed by atoms with Crippen molar-refractivity contribution in [3.63, 3.8) is 0 Å². The Bertz CT molecular complexity index is 2230. The number of nitrogens with zero attached hydrogens (tertiary/aromatic N) is 6. The third kappa shape index (κ3) is 6.95. The zero-order valence-corrected chi connectivity index (χ0v) is 30.8. The zero-order chi connectivity index (χ0) is 37.5. The second kappa shape index (κ2) is 14.2. The summed E-state index contributed by atoms with van der Waals surface area (Å²) in [5.74, 6) is -2.24. The molecule has 1 saturated heterocycles. The molecular weight excluding hydrogens is 742 g/mol. The van der Waals surface area contributed by atoms with Crippen molar-refractivity contribution in [1.82, 2.24) is 24.0 Å². The Balaban J connectivity index is 1.34. The van der Waals surface area contributed by atoms with Gasteiger partial charge in [-0.25, -0.2) is 31.3 Å². The Morgan fingerprint density at radius 3 is 2.46 bits per heavy atom. The first-order valence-electron chi connectivity index (χ1n) is 15.6. The number of sulfonamides is 1. The molecule has 3 heterocycles. The van der Waals surface area contributed by atoms with E-state index in [1.165, 1.54) is 37.4 Å². The van der Waals surface area contributed by atoms with Gasteiger partial charge in [0.1, 0.15) is 34.3 Å². The van der Waals surface area contributed by atoms with Crippen LogP contribution in [0.2, 0.25) is 5.02 Å². The van der Waals surface area contributed by atoms with Crippen molar-refractivity contribution in [1.29, 1.82) is 0 Å². The number of aromatic nitrogens is 4. The Labute approximate surface area is 307 Å². The summed E-state index contributed by atoms with van der Waals surface area (Å²) in [4.78, 5) is 16.3. The minimum absolute atomic E-state index is 0.0591. The van der Waals surface area contributed by atoms with E-state index in [-0.39, 0.29) is 30.0 Å². The fourth-order valence-corrected chi connectivity index (χ4v) is 8.58. The Morgan fingerprint density at radius 1 is 1.04 bits per heavy atom. The topological polar surface area (TPSA) is 149 Å². The number of rotatable bonds is 11. The first-order valence-corrected chi connectivity index (χ1v) is 18.2. The molecule has 0 bridgehead atoms. The van der Waals surface area contributed by atoms with Gasteiger partial charge >= 0.3 is 6.09 Å². The number of hydrogen-bond acceptors (Lipinski definition) is 10. The Kier molecular flexibility index (Phi) is 10.0. The molecule has 274 valence electrons. The number of carboxylic acid groups (broad SMARTS) is 1. The first kappa shape index (κ1) is 36.8.